The third-order valence-corrected chi connectivity index (χ3v) is 3.72. The van der Waals surface area contributed by atoms with Crippen LogP contribution in [0.25, 0.3) is 21.2 Å². The van der Waals surface area contributed by atoms with Gasteiger partial charge in [-0.2, -0.15) is 0 Å². The number of fused-ring (bicyclic) bond motifs is 1. The van der Waals surface area contributed by atoms with Crippen LogP contribution in [-0.2, 0) is 13.1 Å². The minimum atomic E-state index is 0.415. The zero-order chi connectivity index (χ0) is 14.4. The van der Waals surface area contributed by atoms with Gasteiger partial charge in [0.05, 0.1) is 6.54 Å². The van der Waals surface area contributed by atoms with Crippen LogP contribution < -0.4 is 0 Å². The molecule has 0 aromatic heterocycles. The van der Waals surface area contributed by atoms with Crippen LogP contribution in [0.4, 0.5) is 0 Å². The van der Waals surface area contributed by atoms with Gasteiger partial charge in [-0.1, -0.05) is 55.4 Å². The van der Waals surface area contributed by atoms with Crippen LogP contribution in [-0.4, -0.2) is 18.0 Å². The van der Waals surface area contributed by atoms with E-state index in [9.17, 15) is 0 Å². The van der Waals surface area contributed by atoms with E-state index in [1.807, 2.05) is 0 Å². The fourth-order valence-corrected chi connectivity index (χ4v) is 2.49. The molecular formula is C16H20N4. The van der Waals surface area contributed by atoms with Crippen molar-refractivity contribution in [2.75, 3.05) is 13.1 Å². The number of benzene rings is 2. The van der Waals surface area contributed by atoms with E-state index in [1.165, 1.54) is 16.3 Å². The average molecular weight is 268 g/mol. The Bertz CT molecular complexity index is 625. The Morgan fingerprint density at radius 2 is 1.85 bits per heavy atom. The standard InChI is InChI=1S/C16H20N4/c1-3-20(4-2)12-16-14(11-18-19-17)10-9-13-7-5-6-8-15(13)16/h5-10H,3-4,11-12H2,1-2H3. The van der Waals surface area contributed by atoms with Crippen LogP contribution >= 0.6 is 0 Å². The summed E-state index contributed by atoms with van der Waals surface area (Å²) >= 11 is 0. The van der Waals surface area contributed by atoms with Crippen molar-refractivity contribution in [2.45, 2.75) is 26.9 Å². The highest BCUT2D eigenvalue weighted by molar-refractivity contribution is 5.86. The molecule has 0 bridgehead atoms. The van der Waals surface area contributed by atoms with E-state index in [1.54, 1.807) is 0 Å². The maximum atomic E-state index is 8.55. The molecule has 0 spiro atoms. The zero-order valence-electron chi connectivity index (χ0n) is 12.1. The Morgan fingerprint density at radius 3 is 2.55 bits per heavy atom. The van der Waals surface area contributed by atoms with Gasteiger partial charge in [0.1, 0.15) is 0 Å². The number of hydrogen-bond acceptors (Lipinski definition) is 2. The van der Waals surface area contributed by atoms with E-state index in [0.29, 0.717) is 6.54 Å². The molecule has 0 heterocycles. The van der Waals surface area contributed by atoms with Gasteiger partial charge in [-0.05, 0) is 40.5 Å². The van der Waals surface area contributed by atoms with Crippen LogP contribution in [0, 0.1) is 0 Å². The SMILES string of the molecule is CCN(CC)Cc1c(CN=[N+]=[N-])ccc2ccccc12. The van der Waals surface area contributed by atoms with E-state index in [2.05, 4.69) is 65.2 Å². The first kappa shape index (κ1) is 14.4. The number of rotatable bonds is 6. The van der Waals surface area contributed by atoms with Crippen LogP contribution in [0.15, 0.2) is 41.5 Å². The minimum Gasteiger partial charge on any atom is -0.300 e. The van der Waals surface area contributed by atoms with Crippen LogP contribution in [0.2, 0.25) is 0 Å². The molecular weight excluding hydrogens is 248 g/mol. The molecule has 2 aromatic carbocycles. The molecule has 4 heteroatoms. The second-order valence-corrected chi connectivity index (χ2v) is 4.77. The Labute approximate surface area is 119 Å². The summed E-state index contributed by atoms with van der Waals surface area (Å²) < 4.78 is 0. The summed E-state index contributed by atoms with van der Waals surface area (Å²) in [5.41, 5.74) is 10.9. The Kier molecular flexibility index (Phi) is 4.99. The molecule has 0 aliphatic carbocycles. The van der Waals surface area contributed by atoms with Gasteiger partial charge in [0.15, 0.2) is 0 Å². The van der Waals surface area contributed by atoms with E-state index in [0.717, 1.165) is 25.2 Å². The fraction of sp³-hybridized carbons (Fsp3) is 0.375. The second kappa shape index (κ2) is 6.94. The first-order chi connectivity index (χ1) is 9.80. The highest BCUT2D eigenvalue weighted by Gasteiger charge is 2.10. The summed E-state index contributed by atoms with van der Waals surface area (Å²) in [5, 5.41) is 6.22. The molecule has 20 heavy (non-hydrogen) atoms. The van der Waals surface area contributed by atoms with Crippen LogP contribution in [0.3, 0.4) is 0 Å². The normalized spacial score (nSPS) is 10.8. The van der Waals surface area contributed by atoms with Gasteiger partial charge in [-0.15, -0.1) is 0 Å². The molecule has 0 amide bonds. The lowest BCUT2D eigenvalue weighted by Crippen LogP contribution is -2.23. The highest BCUT2D eigenvalue weighted by Crippen LogP contribution is 2.24. The van der Waals surface area contributed by atoms with Gasteiger partial charge < -0.3 is 0 Å². The molecule has 0 N–H and O–H groups in total. The largest absolute Gasteiger partial charge is 0.300 e. The maximum Gasteiger partial charge on any atom is 0.0514 e. The second-order valence-electron chi connectivity index (χ2n) is 4.77. The molecule has 0 unspecified atom stereocenters. The fourth-order valence-electron chi connectivity index (χ4n) is 2.49. The predicted octanol–water partition coefficient (Wildman–Crippen LogP) is 4.49. The molecule has 0 saturated carbocycles. The van der Waals surface area contributed by atoms with E-state index in [-0.39, 0.29) is 0 Å². The molecule has 2 aromatic rings. The summed E-state index contributed by atoms with van der Waals surface area (Å²) in [6, 6.07) is 12.6. The maximum absolute atomic E-state index is 8.55. The van der Waals surface area contributed by atoms with Gasteiger partial charge in [0.2, 0.25) is 0 Å². The lowest BCUT2D eigenvalue weighted by Gasteiger charge is -2.21. The molecule has 4 nitrogen and oxygen atoms in total. The van der Waals surface area contributed by atoms with Crippen molar-refractivity contribution in [2.24, 2.45) is 5.11 Å². The number of azide groups is 1. The predicted molar refractivity (Wildman–Crippen MR) is 83.4 cm³/mol. The van der Waals surface area contributed by atoms with Gasteiger partial charge in [0.25, 0.3) is 0 Å². The van der Waals surface area contributed by atoms with Crippen molar-refractivity contribution < 1.29 is 0 Å². The number of hydrogen-bond donors (Lipinski definition) is 0. The summed E-state index contributed by atoms with van der Waals surface area (Å²) in [4.78, 5) is 5.26. The lowest BCUT2D eigenvalue weighted by molar-refractivity contribution is 0.296. The minimum absolute atomic E-state index is 0.415. The zero-order valence-corrected chi connectivity index (χ0v) is 12.1. The molecule has 0 saturated heterocycles. The first-order valence-corrected chi connectivity index (χ1v) is 7.02. The molecule has 0 radical (unpaired) electrons. The van der Waals surface area contributed by atoms with Crippen molar-refractivity contribution >= 4 is 10.8 Å². The van der Waals surface area contributed by atoms with Crippen molar-refractivity contribution in [3.05, 3.63) is 58.0 Å². The summed E-state index contributed by atoms with van der Waals surface area (Å²) in [7, 11) is 0. The van der Waals surface area contributed by atoms with Crippen LogP contribution in [0.1, 0.15) is 25.0 Å². The van der Waals surface area contributed by atoms with Crippen molar-refractivity contribution in [1.29, 1.82) is 0 Å². The summed E-state index contributed by atoms with van der Waals surface area (Å²) in [5.74, 6) is 0. The Morgan fingerprint density at radius 1 is 1.10 bits per heavy atom. The van der Waals surface area contributed by atoms with Crippen LogP contribution in [0.5, 0.6) is 0 Å². The van der Waals surface area contributed by atoms with E-state index in [4.69, 9.17) is 5.53 Å². The van der Waals surface area contributed by atoms with Crippen molar-refractivity contribution in [3.8, 4) is 0 Å². The van der Waals surface area contributed by atoms with Gasteiger partial charge >= 0.3 is 0 Å². The van der Waals surface area contributed by atoms with Gasteiger partial charge in [-0.25, -0.2) is 0 Å². The van der Waals surface area contributed by atoms with Crippen molar-refractivity contribution in [1.82, 2.24) is 4.90 Å². The third kappa shape index (κ3) is 3.10. The molecule has 0 aliphatic heterocycles. The topological polar surface area (TPSA) is 52.0 Å². The number of nitrogens with zero attached hydrogens (tertiary/aromatic N) is 4. The average Bonchev–Trinajstić information content (AvgIpc) is 2.51. The van der Waals surface area contributed by atoms with E-state index < -0.39 is 0 Å². The third-order valence-electron chi connectivity index (χ3n) is 3.72. The monoisotopic (exact) mass is 268 g/mol. The smallest absolute Gasteiger partial charge is 0.0514 e. The van der Waals surface area contributed by atoms with Crippen molar-refractivity contribution in [3.63, 3.8) is 0 Å². The molecule has 0 aliphatic rings. The lowest BCUT2D eigenvalue weighted by atomic mass is 9.98. The highest BCUT2D eigenvalue weighted by atomic mass is 15.1. The Hall–Kier alpha value is -2.03. The first-order valence-electron chi connectivity index (χ1n) is 7.02. The quantitative estimate of drug-likeness (QED) is 0.432. The van der Waals surface area contributed by atoms with Gasteiger partial charge in [-0.3, -0.25) is 4.90 Å². The molecule has 104 valence electrons. The molecule has 0 atom stereocenters. The van der Waals surface area contributed by atoms with E-state index >= 15 is 0 Å². The molecule has 0 fully saturated rings. The Balaban J connectivity index is 2.51. The van der Waals surface area contributed by atoms with Gasteiger partial charge in [0, 0.05) is 11.5 Å². The summed E-state index contributed by atoms with van der Waals surface area (Å²) in [6.45, 7) is 7.67. The summed E-state index contributed by atoms with van der Waals surface area (Å²) in [6.07, 6.45) is 0. The molecule has 2 rings (SSSR count).